The highest BCUT2D eigenvalue weighted by molar-refractivity contribution is 5.91. The summed E-state index contributed by atoms with van der Waals surface area (Å²) in [5, 5.41) is 0. The Kier molecular flexibility index (Phi) is 2.12. The van der Waals surface area contributed by atoms with Gasteiger partial charge in [0.05, 0.1) is 0 Å². The molecule has 2 rings (SSSR count). The minimum atomic E-state index is -0.507. The second-order valence-electron chi connectivity index (χ2n) is 4.27. The molecule has 15 heavy (non-hydrogen) atoms. The van der Waals surface area contributed by atoms with Crippen molar-refractivity contribution in [3.8, 4) is 0 Å². The predicted octanol–water partition coefficient (Wildman–Crippen LogP) is -0.282. The summed E-state index contributed by atoms with van der Waals surface area (Å²) in [6.45, 7) is 3.57. The smallest absolute Gasteiger partial charge is 0.267 e. The molecular formula is C10H14N4O. The average Bonchev–Trinajstić information content (AvgIpc) is 2.14. The lowest BCUT2D eigenvalue weighted by atomic mass is 9.93. The highest BCUT2D eigenvalue weighted by atomic mass is 16.1. The maximum absolute atomic E-state index is 10.9. The highest BCUT2D eigenvalue weighted by Gasteiger charge is 2.34. The monoisotopic (exact) mass is 206 g/mol. The first-order chi connectivity index (χ1) is 6.98. The number of rotatable bonds is 2. The number of carbonyl (C=O) groups excluding carboxylic acids is 1. The summed E-state index contributed by atoms with van der Waals surface area (Å²) in [4.78, 5) is 16.9. The van der Waals surface area contributed by atoms with Crippen molar-refractivity contribution in [3.05, 3.63) is 24.0 Å². The molecule has 2 heterocycles. The summed E-state index contributed by atoms with van der Waals surface area (Å²) in [5.74, 6) is -0.507. The van der Waals surface area contributed by atoms with Gasteiger partial charge in [-0.2, -0.15) is 0 Å². The Bertz CT molecular complexity index is 394. The lowest BCUT2D eigenvalue weighted by Gasteiger charge is -2.47. The van der Waals surface area contributed by atoms with Crippen LogP contribution in [0.25, 0.3) is 0 Å². The van der Waals surface area contributed by atoms with Crippen LogP contribution >= 0.6 is 0 Å². The number of nitrogens with two attached hydrogens (primary N) is 2. The molecule has 4 N–H and O–H groups in total. The molecule has 1 amide bonds. The van der Waals surface area contributed by atoms with Crippen molar-refractivity contribution in [2.24, 2.45) is 11.5 Å². The van der Waals surface area contributed by atoms with Crippen LogP contribution in [0, 0.1) is 0 Å². The van der Waals surface area contributed by atoms with Crippen LogP contribution in [-0.4, -0.2) is 29.5 Å². The quantitative estimate of drug-likeness (QED) is 0.696. The van der Waals surface area contributed by atoms with Crippen molar-refractivity contribution in [1.29, 1.82) is 0 Å². The normalized spacial score (nSPS) is 18.4. The zero-order valence-electron chi connectivity index (χ0n) is 8.60. The van der Waals surface area contributed by atoms with E-state index in [9.17, 15) is 4.79 Å². The van der Waals surface area contributed by atoms with Crippen LogP contribution < -0.4 is 16.4 Å². The molecule has 5 nitrogen and oxygen atoms in total. The number of carbonyl (C=O) groups is 1. The Morgan fingerprint density at radius 1 is 1.60 bits per heavy atom. The van der Waals surface area contributed by atoms with E-state index >= 15 is 0 Å². The van der Waals surface area contributed by atoms with Crippen LogP contribution in [0.15, 0.2) is 18.3 Å². The molecule has 0 aromatic carbocycles. The molecule has 5 heteroatoms. The second kappa shape index (κ2) is 3.20. The Hall–Kier alpha value is -1.62. The van der Waals surface area contributed by atoms with E-state index in [1.807, 2.05) is 13.0 Å². The molecule has 1 aliphatic rings. The van der Waals surface area contributed by atoms with Crippen molar-refractivity contribution >= 4 is 11.6 Å². The topological polar surface area (TPSA) is 85.2 Å². The Morgan fingerprint density at radius 2 is 2.27 bits per heavy atom. The van der Waals surface area contributed by atoms with Crippen LogP contribution in [0.5, 0.6) is 0 Å². The van der Waals surface area contributed by atoms with Gasteiger partial charge in [0.1, 0.15) is 5.69 Å². The van der Waals surface area contributed by atoms with Crippen molar-refractivity contribution in [3.63, 3.8) is 0 Å². The van der Waals surface area contributed by atoms with Gasteiger partial charge in [0.2, 0.25) is 0 Å². The average molecular weight is 206 g/mol. The first-order valence-electron chi connectivity index (χ1n) is 4.78. The summed E-state index contributed by atoms with van der Waals surface area (Å²) in [5.41, 5.74) is 12.2. The number of hydrogen-bond donors (Lipinski definition) is 2. The highest BCUT2D eigenvalue weighted by Crippen LogP contribution is 2.25. The first-order valence-corrected chi connectivity index (χ1v) is 4.78. The van der Waals surface area contributed by atoms with Crippen molar-refractivity contribution in [2.45, 2.75) is 12.5 Å². The Balaban J connectivity index is 2.17. The maximum Gasteiger partial charge on any atom is 0.267 e. The summed E-state index contributed by atoms with van der Waals surface area (Å²) in [7, 11) is 0. The maximum atomic E-state index is 10.9. The molecule has 1 aromatic heterocycles. The van der Waals surface area contributed by atoms with E-state index in [4.69, 9.17) is 11.5 Å². The fourth-order valence-corrected chi connectivity index (χ4v) is 1.76. The minimum absolute atomic E-state index is 0.129. The van der Waals surface area contributed by atoms with E-state index in [0.717, 1.165) is 18.8 Å². The van der Waals surface area contributed by atoms with Gasteiger partial charge in [0.25, 0.3) is 5.91 Å². The van der Waals surface area contributed by atoms with Crippen LogP contribution in [0.2, 0.25) is 0 Å². The Labute approximate surface area is 88.1 Å². The molecule has 0 unspecified atom stereocenters. The molecular weight excluding hydrogens is 192 g/mol. The largest absolute Gasteiger partial charge is 0.368 e. The Morgan fingerprint density at radius 3 is 2.80 bits per heavy atom. The molecule has 0 spiro atoms. The van der Waals surface area contributed by atoms with Crippen LogP contribution in [0.3, 0.4) is 0 Å². The number of primary amides is 1. The molecule has 0 atom stereocenters. The van der Waals surface area contributed by atoms with E-state index in [1.165, 1.54) is 0 Å². The molecule has 1 aliphatic heterocycles. The molecule has 0 saturated carbocycles. The second-order valence-corrected chi connectivity index (χ2v) is 4.27. The fourth-order valence-electron chi connectivity index (χ4n) is 1.76. The summed E-state index contributed by atoms with van der Waals surface area (Å²) in [6.07, 6.45) is 1.58. The molecule has 1 aromatic rings. The van der Waals surface area contributed by atoms with Gasteiger partial charge in [-0.15, -0.1) is 0 Å². The number of anilines is 1. The van der Waals surface area contributed by atoms with E-state index in [0.29, 0.717) is 0 Å². The lowest BCUT2D eigenvalue weighted by molar-refractivity contribution is 0.0995. The minimum Gasteiger partial charge on any atom is -0.368 e. The first kappa shape index (κ1) is 9.92. The van der Waals surface area contributed by atoms with E-state index < -0.39 is 5.91 Å². The van der Waals surface area contributed by atoms with Gasteiger partial charge < -0.3 is 16.4 Å². The van der Waals surface area contributed by atoms with E-state index in [1.54, 1.807) is 12.3 Å². The number of pyridine rings is 1. The zero-order valence-corrected chi connectivity index (χ0v) is 8.60. The van der Waals surface area contributed by atoms with Gasteiger partial charge in [-0.1, -0.05) is 0 Å². The van der Waals surface area contributed by atoms with Crippen LogP contribution in [-0.2, 0) is 0 Å². The standard InChI is InChI=1S/C10H14N4O/c1-10(12)5-14(6-10)7-2-3-13-8(4-7)9(11)15/h2-4H,5-6,12H2,1H3,(H2,11,15). The zero-order chi connectivity index (χ0) is 11.1. The van der Waals surface area contributed by atoms with Crippen molar-refractivity contribution in [2.75, 3.05) is 18.0 Å². The van der Waals surface area contributed by atoms with Gasteiger partial charge >= 0.3 is 0 Å². The van der Waals surface area contributed by atoms with Crippen LogP contribution in [0.1, 0.15) is 17.4 Å². The predicted molar refractivity (Wildman–Crippen MR) is 57.6 cm³/mol. The third-order valence-electron chi connectivity index (χ3n) is 2.47. The third kappa shape index (κ3) is 1.92. The molecule has 1 fully saturated rings. The van der Waals surface area contributed by atoms with Gasteiger partial charge in [0, 0.05) is 30.5 Å². The van der Waals surface area contributed by atoms with Gasteiger partial charge in [-0.25, -0.2) is 0 Å². The van der Waals surface area contributed by atoms with E-state index in [-0.39, 0.29) is 11.2 Å². The van der Waals surface area contributed by atoms with Gasteiger partial charge in [-0.05, 0) is 19.1 Å². The van der Waals surface area contributed by atoms with E-state index in [2.05, 4.69) is 9.88 Å². The van der Waals surface area contributed by atoms with Gasteiger partial charge in [-0.3, -0.25) is 9.78 Å². The summed E-state index contributed by atoms with van der Waals surface area (Å²) in [6, 6.07) is 3.54. The molecule has 1 saturated heterocycles. The summed E-state index contributed by atoms with van der Waals surface area (Å²) >= 11 is 0. The SMILES string of the molecule is CC1(N)CN(c2ccnc(C(N)=O)c2)C1. The molecule has 80 valence electrons. The number of amides is 1. The fraction of sp³-hybridized carbons (Fsp3) is 0.400. The van der Waals surface area contributed by atoms with Crippen molar-refractivity contribution < 1.29 is 4.79 Å². The summed E-state index contributed by atoms with van der Waals surface area (Å²) < 4.78 is 0. The number of aromatic nitrogens is 1. The molecule has 0 aliphatic carbocycles. The lowest BCUT2D eigenvalue weighted by Crippen LogP contribution is -2.65. The van der Waals surface area contributed by atoms with Crippen LogP contribution in [0.4, 0.5) is 5.69 Å². The molecule has 0 radical (unpaired) electrons. The molecule has 0 bridgehead atoms. The number of nitrogens with zero attached hydrogens (tertiary/aromatic N) is 2. The third-order valence-corrected chi connectivity index (χ3v) is 2.47. The van der Waals surface area contributed by atoms with Gasteiger partial charge in [0.15, 0.2) is 0 Å². The number of hydrogen-bond acceptors (Lipinski definition) is 4. The van der Waals surface area contributed by atoms with Crippen molar-refractivity contribution in [1.82, 2.24) is 4.98 Å².